The molecule has 0 fully saturated rings. The predicted molar refractivity (Wildman–Crippen MR) is 53.2 cm³/mol. The molecule has 1 aromatic heterocycles. The summed E-state index contributed by atoms with van der Waals surface area (Å²) in [7, 11) is 0. The van der Waals surface area contributed by atoms with Gasteiger partial charge < -0.3 is 5.32 Å². The first kappa shape index (κ1) is 10.2. The molecule has 4 nitrogen and oxygen atoms in total. The normalized spacial score (nSPS) is 10.7. The van der Waals surface area contributed by atoms with Gasteiger partial charge in [0.2, 0.25) is 5.28 Å². The minimum Gasteiger partial charge on any atom is -0.364 e. The van der Waals surface area contributed by atoms with Crippen LogP contribution in [0.25, 0.3) is 0 Å². The molecular weight excluding hydrogens is 211 g/mol. The van der Waals surface area contributed by atoms with Crippen LogP contribution in [0.2, 0.25) is 10.4 Å². The summed E-state index contributed by atoms with van der Waals surface area (Å²) in [5.41, 5.74) is 0. The lowest BCUT2D eigenvalue weighted by Gasteiger charge is -2.02. The van der Waals surface area contributed by atoms with Crippen LogP contribution in [-0.2, 0) is 0 Å². The van der Waals surface area contributed by atoms with Crippen LogP contribution >= 0.6 is 23.2 Å². The van der Waals surface area contributed by atoms with E-state index in [0.717, 1.165) is 0 Å². The molecule has 0 atom stereocenters. The Bertz CT molecular complexity index is 313. The summed E-state index contributed by atoms with van der Waals surface area (Å²) in [6, 6.07) is 0. The number of anilines is 1. The molecule has 0 amide bonds. The van der Waals surface area contributed by atoms with E-state index in [1.54, 1.807) is 0 Å². The van der Waals surface area contributed by atoms with Gasteiger partial charge in [0.1, 0.15) is 0 Å². The Labute approximate surface area is 86.0 Å². The van der Waals surface area contributed by atoms with Gasteiger partial charge in [-0.15, -0.1) is 10.2 Å². The van der Waals surface area contributed by atoms with Gasteiger partial charge in [0.25, 0.3) is 0 Å². The number of nitrogens with zero attached hydrogens (tertiary/aromatic N) is 3. The Hall–Kier alpha value is -0.870. The molecule has 0 bridgehead atoms. The van der Waals surface area contributed by atoms with Gasteiger partial charge in [-0.3, -0.25) is 0 Å². The lowest BCUT2D eigenvalue weighted by atomic mass is 10.5. The van der Waals surface area contributed by atoms with E-state index in [1.165, 1.54) is 0 Å². The third-order valence-electron chi connectivity index (χ3n) is 1.24. The number of hydrogen-bond donors (Lipinski definition) is 1. The Kier molecular flexibility index (Phi) is 3.92. The van der Waals surface area contributed by atoms with Crippen molar-refractivity contribution in [3.05, 3.63) is 22.6 Å². The molecule has 1 heterocycles. The topological polar surface area (TPSA) is 50.7 Å². The molecule has 0 saturated carbocycles. The van der Waals surface area contributed by atoms with Crippen LogP contribution in [0.5, 0.6) is 0 Å². The summed E-state index contributed by atoms with van der Waals surface area (Å²) in [5.74, 6) is 0.444. The maximum atomic E-state index is 5.69. The third-order valence-corrected chi connectivity index (χ3v) is 1.66. The number of allylic oxidation sites excluding steroid dienone is 1. The highest BCUT2D eigenvalue weighted by Gasteiger charge is 2.03. The lowest BCUT2D eigenvalue weighted by molar-refractivity contribution is 0.968. The van der Waals surface area contributed by atoms with Crippen molar-refractivity contribution in [1.82, 2.24) is 15.2 Å². The highest BCUT2D eigenvalue weighted by molar-refractivity contribution is 6.32. The molecule has 6 heteroatoms. The Balaban J connectivity index is 2.69. The first-order valence-corrected chi connectivity index (χ1v) is 4.40. The summed E-state index contributed by atoms with van der Waals surface area (Å²) >= 11 is 11.2. The number of halogens is 2. The van der Waals surface area contributed by atoms with E-state index in [9.17, 15) is 0 Å². The minimum atomic E-state index is 0.0763. The van der Waals surface area contributed by atoms with E-state index in [4.69, 9.17) is 23.2 Å². The van der Waals surface area contributed by atoms with E-state index in [1.807, 2.05) is 19.1 Å². The van der Waals surface area contributed by atoms with Gasteiger partial charge in [-0.2, -0.15) is 4.98 Å². The van der Waals surface area contributed by atoms with Crippen molar-refractivity contribution in [3.8, 4) is 0 Å². The van der Waals surface area contributed by atoms with E-state index < -0.39 is 0 Å². The summed E-state index contributed by atoms with van der Waals surface area (Å²) in [6.45, 7) is 2.56. The maximum absolute atomic E-state index is 5.69. The third kappa shape index (κ3) is 3.16. The lowest BCUT2D eigenvalue weighted by Crippen LogP contribution is -2.03. The van der Waals surface area contributed by atoms with Crippen molar-refractivity contribution in [3.63, 3.8) is 0 Å². The number of nitrogens with one attached hydrogen (secondary N) is 1. The average Bonchev–Trinajstić information content (AvgIpc) is 2.11. The van der Waals surface area contributed by atoms with Gasteiger partial charge in [0.05, 0.1) is 0 Å². The standard InChI is InChI=1S/C7H8Cl2N4/c1-2-3-4-10-6-5(8)12-13-7(9)11-6/h2-3H,4H2,1H3,(H,10,11,13)/b3-2+. The molecular formula is C7H8Cl2N4. The van der Waals surface area contributed by atoms with Crippen molar-refractivity contribution >= 4 is 29.0 Å². The largest absolute Gasteiger partial charge is 0.364 e. The zero-order chi connectivity index (χ0) is 9.68. The fourth-order valence-corrected chi connectivity index (χ4v) is 0.948. The second-order valence-electron chi connectivity index (χ2n) is 2.17. The van der Waals surface area contributed by atoms with Crippen molar-refractivity contribution in [1.29, 1.82) is 0 Å². The Morgan fingerprint density at radius 3 is 2.85 bits per heavy atom. The van der Waals surface area contributed by atoms with Crippen molar-refractivity contribution in [2.45, 2.75) is 6.92 Å². The first-order chi connectivity index (χ1) is 6.24. The van der Waals surface area contributed by atoms with Gasteiger partial charge in [0, 0.05) is 6.54 Å². The van der Waals surface area contributed by atoms with Crippen LogP contribution in [0.3, 0.4) is 0 Å². The van der Waals surface area contributed by atoms with Crippen LogP contribution < -0.4 is 5.32 Å². The summed E-state index contributed by atoms with van der Waals surface area (Å²) in [6.07, 6.45) is 3.84. The van der Waals surface area contributed by atoms with Gasteiger partial charge >= 0.3 is 0 Å². The van der Waals surface area contributed by atoms with E-state index in [0.29, 0.717) is 12.4 Å². The van der Waals surface area contributed by atoms with Gasteiger partial charge in [-0.1, -0.05) is 23.8 Å². The smallest absolute Gasteiger partial charge is 0.245 e. The second kappa shape index (κ2) is 4.99. The molecule has 1 rings (SSSR count). The zero-order valence-corrected chi connectivity index (χ0v) is 8.47. The maximum Gasteiger partial charge on any atom is 0.245 e. The molecule has 70 valence electrons. The molecule has 0 spiro atoms. The van der Waals surface area contributed by atoms with Crippen molar-refractivity contribution in [2.75, 3.05) is 11.9 Å². The predicted octanol–water partition coefficient (Wildman–Crippen LogP) is 2.17. The molecule has 0 aromatic carbocycles. The second-order valence-corrected chi connectivity index (χ2v) is 2.87. The molecule has 0 aliphatic rings. The quantitative estimate of drug-likeness (QED) is 0.791. The van der Waals surface area contributed by atoms with Gasteiger partial charge in [-0.25, -0.2) is 0 Å². The van der Waals surface area contributed by atoms with Crippen LogP contribution in [0.4, 0.5) is 5.82 Å². The minimum absolute atomic E-state index is 0.0763. The van der Waals surface area contributed by atoms with E-state index in [-0.39, 0.29) is 10.4 Å². The van der Waals surface area contributed by atoms with Crippen LogP contribution in [0.15, 0.2) is 12.2 Å². The average molecular weight is 219 g/mol. The van der Waals surface area contributed by atoms with E-state index >= 15 is 0 Å². The van der Waals surface area contributed by atoms with Crippen molar-refractivity contribution in [2.24, 2.45) is 0 Å². The molecule has 0 radical (unpaired) electrons. The molecule has 0 saturated heterocycles. The monoisotopic (exact) mass is 218 g/mol. The summed E-state index contributed by atoms with van der Waals surface area (Å²) in [5, 5.41) is 10.3. The fourth-order valence-electron chi connectivity index (χ4n) is 0.679. The molecule has 1 N–H and O–H groups in total. The van der Waals surface area contributed by atoms with E-state index in [2.05, 4.69) is 20.5 Å². The molecule has 13 heavy (non-hydrogen) atoms. The molecule has 1 aromatic rings. The Morgan fingerprint density at radius 1 is 1.38 bits per heavy atom. The van der Waals surface area contributed by atoms with Crippen LogP contribution in [0, 0.1) is 0 Å². The Morgan fingerprint density at radius 2 is 2.15 bits per heavy atom. The van der Waals surface area contributed by atoms with Gasteiger partial charge in [-0.05, 0) is 18.5 Å². The highest BCUT2D eigenvalue weighted by atomic mass is 35.5. The molecule has 0 aliphatic heterocycles. The first-order valence-electron chi connectivity index (χ1n) is 3.64. The number of aromatic nitrogens is 3. The summed E-state index contributed by atoms with van der Waals surface area (Å²) < 4.78 is 0. The fraction of sp³-hybridized carbons (Fsp3) is 0.286. The number of rotatable bonds is 3. The summed E-state index contributed by atoms with van der Waals surface area (Å²) in [4.78, 5) is 3.86. The molecule has 0 unspecified atom stereocenters. The number of hydrogen-bond acceptors (Lipinski definition) is 4. The van der Waals surface area contributed by atoms with Gasteiger partial charge in [0.15, 0.2) is 11.0 Å². The van der Waals surface area contributed by atoms with Crippen LogP contribution in [-0.4, -0.2) is 21.7 Å². The van der Waals surface area contributed by atoms with Crippen LogP contribution in [0.1, 0.15) is 6.92 Å². The SMILES string of the molecule is C/C=C/CNc1nc(Cl)nnc1Cl. The zero-order valence-electron chi connectivity index (χ0n) is 6.96. The molecule has 0 aliphatic carbocycles. The highest BCUT2D eigenvalue weighted by Crippen LogP contribution is 2.15. The van der Waals surface area contributed by atoms with Crippen molar-refractivity contribution < 1.29 is 0 Å².